The van der Waals surface area contributed by atoms with Gasteiger partial charge in [-0.05, 0) is 84.0 Å². The second-order valence-electron chi connectivity index (χ2n) is 8.97. The fraction of sp³-hybridized carbons (Fsp3) is 0.156. The Morgan fingerprint density at radius 3 is 2.49 bits per heavy atom. The van der Waals surface area contributed by atoms with E-state index in [9.17, 15) is 9.59 Å². The maximum absolute atomic E-state index is 13.4. The molecule has 208 valence electrons. The maximum atomic E-state index is 13.4. The fourth-order valence-corrected chi connectivity index (χ4v) is 5.60. The van der Waals surface area contributed by atoms with Gasteiger partial charge in [0.2, 0.25) is 0 Å². The SMILES string of the molecule is CCOc1cc(C=C2C(=O)NC(=S)N(c3ccc(OC)cc3)C2=O)ccc1OCCSc1cccc2ccccc12. The molecule has 1 aliphatic heterocycles. The zero-order valence-corrected chi connectivity index (χ0v) is 24.2. The van der Waals surface area contributed by atoms with Gasteiger partial charge in [-0.3, -0.25) is 19.8 Å². The van der Waals surface area contributed by atoms with Crippen LogP contribution in [0, 0.1) is 0 Å². The van der Waals surface area contributed by atoms with E-state index in [0.29, 0.717) is 41.7 Å². The summed E-state index contributed by atoms with van der Waals surface area (Å²) < 4.78 is 17.1. The number of hydrogen-bond acceptors (Lipinski definition) is 7. The maximum Gasteiger partial charge on any atom is 0.270 e. The van der Waals surface area contributed by atoms with E-state index in [1.807, 2.05) is 19.1 Å². The molecule has 0 atom stereocenters. The molecular weight excluding hydrogens is 556 g/mol. The highest BCUT2D eigenvalue weighted by atomic mass is 32.2. The number of anilines is 1. The number of methoxy groups -OCH3 is 1. The number of nitrogens with zero attached hydrogens (tertiary/aromatic N) is 1. The minimum atomic E-state index is -0.562. The Labute approximate surface area is 248 Å². The van der Waals surface area contributed by atoms with Gasteiger partial charge in [-0.15, -0.1) is 11.8 Å². The third-order valence-electron chi connectivity index (χ3n) is 6.36. The first-order chi connectivity index (χ1) is 20.0. The molecule has 4 aromatic rings. The normalized spacial score (nSPS) is 14.3. The predicted octanol–water partition coefficient (Wildman–Crippen LogP) is 6.25. The van der Waals surface area contributed by atoms with Gasteiger partial charge in [0.15, 0.2) is 16.6 Å². The smallest absolute Gasteiger partial charge is 0.270 e. The first-order valence-electron chi connectivity index (χ1n) is 13.0. The van der Waals surface area contributed by atoms with E-state index < -0.39 is 11.8 Å². The van der Waals surface area contributed by atoms with Crippen molar-refractivity contribution in [3.8, 4) is 17.2 Å². The Bertz CT molecular complexity index is 1630. The number of fused-ring (bicyclic) bond motifs is 1. The molecular formula is C32H28N2O5S2. The van der Waals surface area contributed by atoms with Crippen LogP contribution in [0.1, 0.15) is 12.5 Å². The summed E-state index contributed by atoms with van der Waals surface area (Å²) >= 11 is 7.03. The average molecular weight is 585 g/mol. The van der Waals surface area contributed by atoms with Crippen LogP contribution in [0.4, 0.5) is 5.69 Å². The summed E-state index contributed by atoms with van der Waals surface area (Å²) in [6.45, 7) is 2.79. The van der Waals surface area contributed by atoms with Gasteiger partial charge in [0.25, 0.3) is 11.8 Å². The Hall–Kier alpha value is -4.34. The van der Waals surface area contributed by atoms with Crippen LogP contribution in [0.15, 0.2) is 95.4 Å². The Morgan fingerprint density at radius 1 is 0.927 bits per heavy atom. The van der Waals surface area contributed by atoms with Gasteiger partial charge in [0.1, 0.15) is 11.3 Å². The number of carbonyl (C=O) groups excluding carboxylic acids is 2. The van der Waals surface area contributed by atoms with E-state index in [1.54, 1.807) is 61.3 Å². The number of thiocarbonyl (C=S) groups is 1. The first-order valence-corrected chi connectivity index (χ1v) is 14.4. The van der Waals surface area contributed by atoms with Crippen molar-refractivity contribution in [2.45, 2.75) is 11.8 Å². The molecule has 1 aliphatic rings. The van der Waals surface area contributed by atoms with E-state index in [-0.39, 0.29) is 10.7 Å². The van der Waals surface area contributed by atoms with Crippen molar-refractivity contribution in [2.24, 2.45) is 0 Å². The van der Waals surface area contributed by atoms with Crippen LogP contribution in [-0.2, 0) is 9.59 Å². The molecule has 5 rings (SSSR count). The fourth-order valence-electron chi connectivity index (χ4n) is 4.42. The van der Waals surface area contributed by atoms with Crippen LogP contribution in [0.3, 0.4) is 0 Å². The monoisotopic (exact) mass is 584 g/mol. The van der Waals surface area contributed by atoms with Crippen molar-refractivity contribution in [3.05, 3.63) is 96.1 Å². The molecule has 41 heavy (non-hydrogen) atoms. The third kappa shape index (κ3) is 6.37. The van der Waals surface area contributed by atoms with Gasteiger partial charge in [-0.25, -0.2) is 0 Å². The molecule has 1 fully saturated rings. The molecule has 0 saturated carbocycles. The number of ether oxygens (including phenoxy) is 3. The van der Waals surface area contributed by atoms with Crippen molar-refractivity contribution in [3.63, 3.8) is 0 Å². The molecule has 1 N–H and O–H groups in total. The molecule has 0 aromatic heterocycles. The van der Waals surface area contributed by atoms with Crippen molar-refractivity contribution in [2.75, 3.05) is 31.0 Å². The van der Waals surface area contributed by atoms with Gasteiger partial charge in [0, 0.05) is 10.6 Å². The largest absolute Gasteiger partial charge is 0.497 e. The lowest BCUT2D eigenvalue weighted by Crippen LogP contribution is -2.54. The lowest BCUT2D eigenvalue weighted by molar-refractivity contribution is -0.122. The van der Waals surface area contributed by atoms with Crippen LogP contribution < -0.4 is 24.4 Å². The molecule has 0 radical (unpaired) electrons. The molecule has 9 heteroatoms. The van der Waals surface area contributed by atoms with Gasteiger partial charge in [-0.2, -0.15) is 0 Å². The highest BCUT2D eigenvalue weighted by Crippen LogP contribution is 2.32. The number of benzene rings is 4. The molecule has 2 amide bonds. The number of amides is 2. The van der Waals surface area contributed by atoms with Crippen LogP contribution in [0.2, 0.25) is 0 Å². The minimum absolute atomic E-state index is 0.0161. The average Bonchev–Trinajstić information content (AvgIpc) is 2.99. The Morgan fingerprint density at radius 2 is 1.71 bits per heavy atom. The van der Waals surface area contributed by atoms with E-state index in [4.69, 9.17) is 26.4 Å². The highest BCUT2D eigenvalue weighted by Gasteiger charge is 2.34. The number of carbonyl (C=O) groups is 2. The lowest BCUT2D eigenvalue weighted by Gasteiger charge is -2.29. The molecule has 7 nitrogen and oxygen atoms in total. The second-order valence-corrected chi connectivity index (χ2v) is 10.5. The summed E-state index contributed by atoms with van der Waals surface area (Å²) in [5, 5.41) is 5.05. The summed E-state index contributed by atoms with van der Waals surface area (Å²) in [7, 11) is 1.56. The second kappa shape index (κ2) is 12.9. The van der Waals surface area contributed by atoms with Gasteiger partial charge < -0.3 is 14.2 Å². The molecule has 4 aromatic carbocycles. The third-order valence-corrected chi connectivity index (χ3v) is 7.68. The zero-order valence-electron chi connectivity index (χ0n) is 22.6. The van der Waals surface area contributed by atoms with Crippen molar-refractivity contribution < 1.29 is 23.8 Å². The van der Waals surface area contributed by atoms with E-state index >= 15 is 0 Å². The quantitative estimate of drug-likeness (QED) is 0.0776. The summed E-state index contributed by atoms with van der Waals surface area (Å²) in [6.07, 6.45) is 1.53. The lowest BCUT2D eigenvalue weighted by atomic mass is 10.1. The molecule has 0 spiro atoms. The standard InChI is InChI=1S/C32H28N2O5S2/c1-3-38-28-20-21(11-16-27(28)39-17-18-41-29-10-6-8-22-7-4-5-9-25(22)29)19-26-30(35)33-32(40)34(31(26)36)23-12-14-24(37-2)15-13-23/h4-16,19-20H,3,17-18H2,1-2H3,(H,33,35,40). The summed E-state index contributed by atoms with van der Waals surface area (Å²) in [5.41, 5.74) is 1.09. The Balaban J connectivity index is 1.30. The highest BCUT2D eigenvalue weighted by molar-refractivity contribution is 7.99. The van der Waals surface area contributed by atoms with Crippen LogP contribution in [0.5, 0.6) is 17.2 Å². The van der Waals surface area contributed by atoms with E-state index in [0.717, 1.165) is 5.75 Å². The molecule has 0 aliphatic carbocycles. The van der Waals surface area contributed by atoms with Crippen molar-refractivity contribution >= 4 is 63.4 Å². The first kappa shape index (κ1) is 28.2. The number of nitrogens with one attached hydrogen (secondary N) is 1. The van der Waals surface area contributed by atoms with E-state index in [2.05, 4.69) is 35.6 Å². The summed E-state index contributed by atoms with van der Waals surface area (Å²) in [4.78, 5) is 28.6. The van der Waals surface area contributed by atoms with E-state index in [1.165, 1.54) is 26.6 Å². The predicted molar refractivity (Wildman–Crippen MR) is 167 cm³/mol. The number of hydrogen-bond donors (Lipinski definition) is 1. The number of rotatable bonds is 10. The van der Waals surface area contributed by atoms with Crippen molar-refractivity contribution in [1.82, 2.24) is 5.32 Å². The number of thioether (sulfide) groups is 1. The molecule has 1 heterocycles. The summed E-state index contributed by atoms with van der Waals surface area (Å²) in [6, 6.07) is 26.8. The summed E-state index contributed by atoms with van der Waals surface area (Å²) in [5.74, 6) is 1.43. The minimum Gasteiger partial charge on any atom is -0.497 e. The molecule has 0 bridgehead atoms. The molecule has 1 saturated heterocycles. The topological polar surface area (TPSA) is 77.1 Å². The van der Waals surface area contributed by atoms with Gasteiger partial charge >= 0.3 is 0 Å². The van der Waals surface area contributed by atoms with Crippen molar-refractivity contribution in [1.29, 1.82) is 0 Å². The molecule has 0 unspecified atom stereocenters. The van der Waals surface area contributed by atoms with Gasteiger partial charge in [0.05, 0.1) is 26.0 Å². The van der Waals surface area contributed by atoms with Crippen LogP contribution in [-0.4, -0.2) is 43.0 Å². The Kier molecular flexibility index (Phi) is 8.86. The van der Waals surface area contributed by atoms with Gasteiger partial charge in [-0.1, -0.05) is 42.5 Å². The van der Waals surface area contributed by atoms with Crippen LogP contribution in [0.25, 0.3) is 16.8 Å². The van der Waals surface area contributed by atoms with Crippen LogP contribution >= 0.6 is 24.0 Å². The zero-order chi connectivity index (χ0) is 28.8.